The lowest BCUT2D eigenvalue weighted by atomic mass is 9.90. The van der Waals surface area contributed by atoms with Crippen LogP contribution in [0.4, 0.5) is 17.6 Å². The van der Waals surface area contributed by atoms with Crippen LogP contribution in [0.1, 0.15) is 45.0 Å². The van der Waals surface area contributed by atoms with E-state index in [0.29, 0.717) is 43.5 Å². The molecule has 2 N–H and O–H groups in total. The molecule has 0 heterocycles. The maximum atomic E-state index is 14.2. The van der Waals surface area contributed by atoms with Crippen LogP contribution in [0.15, 0.2) is 103 Å². The standard InChI is InChI=1S/C32H30F4N2O2/c33-28-19-23(18-27(20-28)32(34,35)36)21-38(16-7-17-40-29-14-12-26(13-15-29)31(37)39)22-30(24-8-3-1-4-9-24)25-10-5-2-6-11-25/h1-6,8-15,18-20,30H,7,16-17,21-22H2,(H2,37,39). The summed E-state index contributed by atoms with van der Waals surface area (Å²) >= 11 is 0. The van der Waals surface area contributed by atoms with Crippen LogP contribution in [0, 0.1) is 5.82 Å². The largest absolute Gasteiger partial charge is 0.494 e. The number of nitrogens with zero attached hydrogens (tertiary/aromatic N) is 1. The highest BCUT2D eigenvalue weighted by Crippen LogP contribution is 2.31. The average Bonchev–Trinajstić information content (AvgIpc) is 2.94. The molecule has 208 valence electrons. The Labute approximate surface area is 231 Å². The van der Waals surface area contributed by atoms with E-state index in [9.17, 15) is 22.4 Å². The SMILES string of the molecule is NC(=O)c1ccc(OCCCN(Cc2cc(F)cc(C(F)(F)F)c2)CC(c2ccccc2)c2ccccc2)cc1. The molecule has 0 bridgehead atoms. The van der Waals surface area contributed by atoms with Crippen molar-refractivity contribution >= 4 is 5.91 Å². The molecule has 0 aliphatic rings. The molecule has 4 aromatic rings. The van der Waals surface area contributed by atoms with Crippen molar-refractivity contribution in [2.24, 2.45) is 5.73 Å². The number of benzene rings is 4. The molecular formula is C32H30F4N2O2. The minimum absolute atomic E-state index is 0.0553. The van der Waals surface area contributed by atoms with Gasteiger partial charge in [-0.3, -0.25) is 9.69 Å². The summed E-state index contributed by atoms with van der Waals surface area (Å²) in [5.74, 6) is -0.932. The highest BCUT2D eigenvalue weighted by molar-refractivity contribution is 5.92. The van der Waals surface area contributed by atoms with Gasteiger partial charge in [0.25, 0.3) is 0 Å². The van der Waals surface area contributed by atoms with Crippen molar-refractivity contribution in [3.05, 3.63) is 137 Å². The summed E-state index contributed by atoms with van der Waals surface area (Å²) in [5.41, 5.74) is 7.03. The molecule has 0 unspecified atom stereocenters. The Bertz CT molecular complexity index is 1340. The molecule has 0 fully saturated rings. The van der Waals surface area contributed by atoms with Gasteiger partial charge in [-0.05, 0) is 65.6 Å². The minimum Gasteiger partial charge on any atom is -0.494 e. The van der Waals surface area contributed by atoms with E-state index in [1.807, 2.05) is 65.6 Å². The topological polar surface area (TPSA) is 55.6 Å². The van der Waals surface area contributed by atoms with Gasteiger partial charge in [-0.1, -0.05) is 60.7 Å². The average molecular weight is 551 g/mol. The van der Waals surface area contributed by atoms with Crippen LogP contribution in [-0.2, 0) is 12.7 Å². The second-order valence-corrected chi connectivity index (χ2v) is 9.55. The Kier molecular flexibility index (Phi) is 9.56. The second-order valence-electron chi connectivity index (χ2n) is 9.55. The number of rotatable bonds is 12. The van der Waals surface area contributed by atoms with E-state index in [-0.39, 0.29) is 18.0 Å². The summed E-state index contributed by atoms with van der Waals surface area (Å²) in [5, 5.41) is 0. The molecule has 0 radical (unpaired) electrons. The third-order valence-electron chi connectivity index (χ3n) is 6.56. The minimum atomic E-state index is -4.64. The first-order valence-corrected chi connectivity index (χ1v) is 12.9. The molecule has 0 aliphatic heterocycles. The van der Waals surface area contributed by atoms with E-state index in [2.05, 4.69) is 0 Å². The fourth-order valence-electron chi connectivity index (χ4n) is 4.62. The van der Waals surface area contributed by atoms with Gasteiger partial charge in [-0.25, -0.2) is 4.39 Å². The van der Waals surface area contributed by atoms with E-state index in [1.54, 1.807) is 24.3 Å². The lowest BCUT2D eigenvalue weighted by molar-refractivity contribution is -0.137. The number of primary amides is 1. The number of carbonyl (C=O) groups excluding carboxylic acids is 1. The first-order chi connectivity index (χ1) is 19.2. The zero-order valence-electron chi connectivity index (χ0n) is 21.8. The lowest BCUT2D eigenvalue weighted by Crippen LogP contribution is -2.31. The van der Waals surface area contributed by atoms with Crippen LogP contribution >= 0.6 is 0 Å². The molecule has 1 amide bonds. The normalized spacial score (nSPS) is 11.7. The van der Waals surface area contributed by atoms with Crippen molar-refractivity contribution in [3.63, 3.8) is 0 Å². The molecule has 0 aliphatic carbocycles. The van der Waals surface area contributed by atoms with Crippen molar-refractivity contribution in [2.45, 2.75) is 25.1 Å². The van der Waals surface area contributed by atoms with Crippen LogP contribution in [0.5, 0.6) is 5.75 Å². The molecule has 0 spiro atoms. The van der Waals surface area contributed by atoms with Crippen molar-refractivity contribution in [2.75, 3.05) is 19.7 Å². The molecule has 8 heteroatoms. The number of nitrogens with two attached hydrogens (primary N) is 1. The Balaban J connectivity index is 1.54. The molecule has 4 rings (SSSR count). The fraction of sp³-hybridized carbons (Fsp3) is 0.219. The Hall–Kier alpha value is -4.17. The van der Waals surface area contributed by atoms with Crippen LogP contribution in [0.25, 0.3) is 0 Å². The van der Waals surface area contributed by atoms with Crippen molar-refractivity contribution < 1.29 is 27.1 Å². The summed E-state index contributed by atoms with van der Waals surface area (Å²) < 4.78 is 60.2. The van der Waals surface area contributed by atoms with Gasteiger partial charge in [0.05, 0.1) is 12.2 Å². The Morgan fingerprint density at radius 2 is 1.45 bits per heavy atom. The fourth-order valence-corrected chi connectivity index (χ4v) is 4.62. The van der Waals surface area contributed by atoms with Crippen molar-refractivity contribution in [3.8, 4) is 5.75 Å². The smallest absolute Gasteiger partial charge is 0.416 e. The number of alkyl halides is 3. The number of halogens is 4. The maximum Gasteiger partial charge on any atom is 0.416 e. The Morgan fingerprint density at radius 3 is 2.00 bits per heavy atom. The van der Waals surface area contributed by atoms with E-state index in [4.69, 9.17) is 10.5 Å². The Morgan fingerprint density at radius 1 is 0.850 bits per heavy atom. The quantitative estimate of drug-likeness (QED) is 0.152. The number of ether oxygens (including phenoxy) is 1. The van der Waals surface area contributed by atoms with Crippen LogP contribution < -0.4 is 10.5 Å². The van der Waals surface area contributed by atoms with E-state index in [0.717, 1.165) is 23.3 Å². The summed E-state index contributed by atoms with van der Waals surface area (Å²) in [6.45, 7) is 1.46. The zero-order chi connectivity index (χ0) is 28.5. The summed E-state index contributed by atoms with van der Waals surface area (Å²) in [4.78, 5) is 13.3. The monoisotopic (exact) mass is 550 g/mol. The molecule has 4 nitrogen and oxygen atoms in total. The van der Waals surface area contributed by atoms with Crippen LogP contribution in [0.2, 0.25) is 0 Å². The second kappa shape index (κ2) is 13.3. The lowest BCUT2D eigenvalue weighted by Gasteiger charge is -2.29. The summed E-state index contributed by atoms with van der Waals surface area (Å²) in [6.07, 6.45) is -4.08. The molecule has 0 saturated carbocycles. The van der Waals surface area contributed by atoms with Gasteiger partial charge in [0.15, 0.2) is 0 Å². The van der Waals surface area contributed by atoms with Gasteiger partial charge in [-0.2, -0.15) is 13.2 Å². The van der Waals surface area contributed by atoms with Gasteiger partial charge < -0.3 is 10.5 Å². The van der Waals surface area contributed by atoms with Gasteiger partial charge in [0.2, 0.25) is 5.91 Å². The molecule has 4 aromatic carbocycles. The highest BCUT2D eigenvalue weighted by atomic mass is 19.4. The number of carbonyl (C=O) groups is 1. The van der Waals surface area contributed by atoms with Gasteiger partial charge >= 0.3 is 6.18 Å². The number of amides is 1. The number of hydrogen-bond acceptors (Lipinski definition) is 3. The first-order valence-electron chi connectivity index (χ1n) is 12.9. The first kappa shape index (κ1) is 28.8. The predicted molar refractivity (Wildman–Crippen MR) is 146 cm³/mol. The number of hydrogen-bond donors (Lipinski definition) is 1. The predicted octanol–water partition coefficient (Wildman–Crippen LogP) is 7.05. The van der Waals surface area contributed by atoms with Crippen molar-refractivity contribution in [1.29, 1.82) is 0 Å². The van der Waals surface area contributed by atoms with E-state index >= 15 is 0 Å². The molecule has 0 saturated heterocycles. The van der Waals surface area contributed by atoms with E-state index < -0.39 is 23.5 Å². The highest BCUT2D eigenvalue weighted by Gasteiger charge is 2.31. The molecule has 0 atom stereocenters. The van der Waals surface area contributed by atoms with Gasteiger partial charge in [0.1, 0.15) is 11.6 Å². The third-order valence-corrected chi connectivity index (χ3v) is 6.56. The summed E-state index contributed by atoms with van der Waals surface area (Å²) in [7, 11) is 0. The molecular weight excluding hydrogens is 520 g/mol. The zero-order valence-corrected chi connectivity index (χ0v) is 21.8. The van der Waals surface area contributed by atoms with Gasteiger partial charge in [-0.15, -0.1) is 0 Å². The summed E-state index contributed by atoms with van der Waals surface area (Å²) in [6, 6.07) is 28.9. The van der Waals surface area contributed by atoms with Crippen LogP contribution in [-0.4, -0.2) is 30.5 Å². The molecule has 0 aromatic heterocycles. The van der Waals surface area contributed by atoms with E-state index in [1.165, 1.54) is 0 Å². The van der Waals surface area contributed by atoms with Crippen LogP contribution in [0.3, 0.4) is 0 Å². The van der Waals surface area contributed by atoms with Gasteiger partial charge in [0, 0.05) is 31.1 Å². The third kappa shape index (κ3) is 8.16. The van der Waals surface area contributed by atoms with Crippen molar-refractivity contribution in [1.82, 2.24) is 4.90 Å². The maximum absolute atomic E-state index is 14.2. The molecule has 40 heavy (non-hydrogen) atoms.